The number of hydrogen-bond acceptors (Lipinski definition) is 8. The summed E-state index contributed by atoms with van der Waals surface area (Å²) < 4.78 is 20.6. The van der Waals surface area contributed by atoms with E-state index in [1.165, 1.54) is 56.8 Å². The van der Waals surface area contributed by atoms with Crippen LogP contribution in [-0.4, -0.2) is 61.9 Å². The number of aromatic nitrogens is 2. The molecule has 4 aliphatic rings. The first kappa shape index (κ1) is 55.6. The van der Waals surface area contributed by atoms with Crippen molar-refractivity contribution >= 4 is 81.0 Å². The van der Waals surface area contributed by atoms with Gasteiger partial charge in [-0.3, -0.25) is 0 Å². The molecule has 11 nitrogen and oxygen atoms in total. The zero-order chi connectivity index (χ0) is 50.5. The number of carbonyl (C=O) groups excluding carboxylic acids is 3. The van der Waals surface area contributed by atoms with E-state index in [2.05, 4.69) is 9.13 Å². The third-order valence-electron chi connectivity index (χ3n) is 14.1. The van der Waals surface area contributed by atoms with Crippen molar-refractivity contribution in [3.8, 4) is 22.5 Å². The van der Waals surface area contributed by atoms with Crippen molar-refractivity contribution in [3.63, 3.8) is 0 Å². The molecule has 2 aromatic heterocycles. The van der Waals surface area contributed by atoms with Gasteiger partial charge in [0.25, 0.3) is 0 Å². The third kappa shape index (κ3) is 11.7. The van der Waals surface area contributed by atoms with E-state index in [0.29, 0.717) is 50.7 Å². The molecule has 4 aromatic carbocycles. The summed E-state index contributed by atoms with van der Waals surface area (Å²) >= 11 is 13.0. The minimum atomic E-state index is -0.955. The van der Waals surface area contributed by atoms with Crippen LogP contribution in [0.3, 0.4) is 0 Å². The summed E-state index contributed by atoms with van der Waals surface area (Å²) in [5.74, 6) is -1.30. The predicted octanol–water partition coefficient (Wildman–Crippen LogP) is 11.8. The van der Waals surface area contributed by atoms with E-state index in [9.17, 15) is 24.3 Å². The van der Waals surface area contributed by atoms with Gasteiger partial charge in [0.05, 0.1) is 53.9 Å². The molecule has 4 heterocycles. The van der Waals surface area contributed by atoms with Crippen LogP contribution in [0.15, 0.2) is 83.9 Å². The predicted molar refractivity (Wildman–Crippen MR) is 284 cm³/mol. The van der Waals surface area contributed by atoms with Crippen molar-refractivity contribution in [3.05, 3.63) is 127 Å². The molecule has 2 aliphatic heterocycles. The van der Waals surface area contributed by atoms with Gasteiger partial charge in [-0.2, -0.15) is 0 Å². The molecule has 6 aromatic rings. The quantitative estimate of drug-likeness (QED) is 0.0974. The fraction of sp³-hybridized carbons (Fsp3) is 0.390. The Morgan fingerprint density at radius 1 is 0.562 bits per heavy atom. The number of aliphatic carboxylic acids is 1. The molecule has 0 spiro atoms. The molecule has 0 radical (unpaired) electrons. The second-order valence-corrected chi connectivity index (χ2v) is 22.3. The second-order valence-electron chi connectivity index (χ2n) is 21.4. The van der Waals surface area contributed by atoms with Crippen LogP contribution in [0.25, 0.3) is 56.5 Å². The van der Waals surface area contributed by atoms with Gasteiger partial charge in [-0.1, -0.05) is 86.0 Å². The van der Waals surface area contributed by atoms with Crippen LogP contribution in [0.4, 0.5) is 0 Å². The molecule has 0 bridgehead atoms. The molecule has 0 amide bonds. The Kier molecular flexibility index (Phi) is 17.0. The summed E-state index contributed by atoms with van der Waals surface area (Å²) in [6, 6.07) is 22.9. The van der Waals surface area contributed by atoms with Gasteiger partial charge >= 0.3 is 53.4 Å². The van der Waals surface area contributed by atoms with Gasteiger partial charge in [-0.25, -0.2) is 19.2 Å². The Labute approximate surface area is 459 Å². The third-order valence-corrected chi connectivity index (χ3v) is 14.6. The minimum Gasteiger partial charge on any atom is -0.870 e. The number of fused-ring (bicyclic) bond motifs is 10. The van der Waals surface area contributed by atoms with Crippen LogP contribution >= 0.6 is 23.2 Å². The van der Waals surface area contributed by atoms with E-state index in [-0.39, 0.29) is 59.5 Å². The summed E-state index contributed by atoms with van der Waals surface area (Å²) in [5.41, 5.74) is 10.7. The molecule has 2 saturated carbocycles. The summed E-state index contributed by atoms with van der Waals surface area (Å²) in [4.78, 5) is 50.9. The molecular weight excluding hydrogens is 975 g/mol. The van der Waals surface area contributed by atoms with E-state index in [1.54, 1.807) is 12.1 Å². The first-order valence-corrected chi connectivity index (χ1v) is 25.7. The van der Waals surface area contributed by atoms with Crippen LogP contribution in [-0.2, 0) is 36.9 Å². The number of carboxylic acids is 1. The Morgan fingerprint density at radius 2 is 0.959 bits per heavy atom. The second kappa shape index (κ2) is 22.4. The Balaban J connectivity index is 0.000000208. The van der Waals surface area contributed by atoms with Crippen molar-refractivity contribution < 1.29 is 73.5 Å². The number of rotatable bonds is 6. The Hall–Kier alpha value is -5.14. The van der Waals surface area contributed by atoms with Crippen molar-refractivity contribution in [2.45, 2.75) is 142 Å². The van der Waals surface area contributed by atoms with Crippen LogP contribution in [0, 0.1) is 0 Å². The maximum Gasteiger partial charge on any atom is 1.00 e. The zero-order valence-electron chi connectivity index (χ0n) is 43.1. The van der Waals surface area contributed by atoms with Crippen molar-refractivity contribution in [1.29, 1.82) is 0 Å². The number of halogens is 2. The number of methoxy groups -OCH3 is 1. The molecule has 0 saturated heterocycles. The van der Waals surface area contributed by atoms with Gasteiger partial charge in [-0.05, 0) is 162 Å². The number of ether oxygens (including phenoxy) is 3. The van der Waals surface area contributed by atoms with E-state index in [4.69, 9.17) is 37.4 Å². The summed E-state index contributed by atoms with van der Waals surface area (Å²) in [7, 11) is 1.40. The van der Waals surface area contributed by atoms with Gasteiger partial charge in [0, 0.05) is 43.0 Å². The molecule has 0 atom stereocenters. The van der Waals surface area contributed by atoms with Gasteiger partial charge in [0.2, 0.25) is 0 Å². The van der Waals surface area contributed by atoms with Crippen LogP contribution in [0.2, 0.25) is 10.0 Å². The molecule has 2 aliphatic carbocycles. The maximum atomic E-state index is 13.0. The SMILES string of the molecule is CC(C)(C)OC(=O)c1ccc2c(C3CCCCC3)c3n(c2c1)CC(C(=O)O)=Cc1ccc(Cl)cc1-3.COC(=O)C1=Cc2ccc(Cl)cc2-c2c(C3CCCCC3)c3ccc(C(=O)OC(C)(C)C)cc3n2C1.[Na+].[OH-]. The number of hydrogen-bond donors (Lipinski definition) is 1. The molecule has 2 fully saturated rings. The molecule has 2 N–H and O–H groups in total. The van der Waals surface area contributed by atoms with Crippen LogP contribution in [0.5, 0.6) is 0 Å². The zero-order valence-corrected chi connectivity index (χ0v) is 46.6. The summed E-state index contributed by atoms with van der Waals surface area (Å²) in [6.07, 6.45) is 15.3. The number of carbonyl (C=O) groups is 4. The molecule has 14 heteroatoms. The molecule has 10 rings (SSSR count). The molecule has 378 valence electrons. The van der Waals surface area contributed by atoms with Crippen molar-refractivity contribution in [2.24, 2.45) is 0 Å². The van der Waals surface area contributed by atoms with E-state index in [1.807, 2.05) is 114 Å². The average Bonchev–Trinajstić information content (AvgIpc) is 3.68. The number of carboxylic acid groups (broad SMARTS) is 1. The van der Waals surface area contributed by atoms with Crippen LogP contribution in [0.1, 0.15) is 161 Å². The van der Waals surface area contributed by atoms with E-state index < -0.39 is 17.2 Å². The van der Waals surface area contributed by atoms with Gasteiger partial charge in [0.1, 0.15) is 11.2 Å². The van der Waals surface area contributed by atoms with Crippen molar-refractivity contribution in [1.82, 2.24) is 9.13 Å². The standard InChI is InChI=1S/C30H32ClNO4.C29H30ClNO4.Na.H2O/c1-30(2,3)36-29(34)20-11-13-23-25(15-20)32-17-21(28(33)35-4)14-19-10-12-22(31)16-24(19)27(32)26(23)18-8-6-5-7-9-18;1-29(2,3)35-28(34)19-10-12-22-24(14-19)31-16-20(27(32)33)13-18-9-11-21(30)15-23(18)26(31)25(22)17-7-5-4-6-8-17;;/h10-16,18H,5-9,17H2,1-4H3;9-15,17H,4-8,16H2,1-3H3,(H,32,33);;1H2/q;;+1;/p-1. The van der Waals surface area contributed by atoms with E-state index >= 15 is 0 Å². The monoisotopic (exact) mass is 1040 g/mol. The van der Waals surface area contributed by atoms with Gasteiger partial charge < -0.3 is 33.9 Å². The van der Waals surface area contributed by atoms with Crippen molar-refractivity contribution in [2.75, 3.05) is 7.11 Å². The molecule has 0 unspecified atom stereocenters. The number of benzene rings is 4. The minimum absolute atomic E-state index is 0. The fourth-order valence-electron chi connectivity index (χ4n) is 11.1. The molecular formula is C59H63Cl2N2NaO9. The topological polar surface area (TPSA) is 156 Å². The number of esters is 3. The first-order valence-electron chi connectivity index (χ1n) is 24.9. The number of nitrogens with zero attached hydrogens (tertiary/aromatic N) is 2. The fourth-order valence-corrected chi connectivity index (χ4v) is 11.5. The molecule has 73 heavy (non-hydrogen) atoms. The maximum absolute atomic E-state index is 13.0. The van der Waals surface area contributed by atoms with Gasteiger partial charge in [-0.15, -0.1) is 0 Å². The normalized spacial score (nSPS) is 15.7. The largest absolute Gasteiger partial charge is 1.00 e. The Bertz CT molecular complexity index is 3190. The summed E-state index contributed by atoms with van der Waals surface area (Å²) in [6.45, 7) is 11.7. The summed E-state index contributed by atoms with van der Waals surface area (Å²) in [5, 5.41) is 13.4. The average molecular weight is 1040 g/mol. The van der Waals surface area contributed by atoms with E-state index in [0.717, 1.165) is 81.1 Å². The van der Waals surface area contributed by atoms with Gasteiger partial charge in [0.15, 0.2) is 0 Å². The Morgan fingerprint density at radius 3 is 1.34 bits per heavy atom. The smallest absolute Gasteiger partial charge is 0.870 e. The van der Waals surface area contributed by atoms with Crippen LogP contribution < -0.4 is 29.6 Å². The first-order chi connectivity index (χ1) is 33.8.